The molecule has 6 heteroatoms. The minimum absolute atomic E-state index is 0.151. The number of hydrogen-bond acceptors (Lipinski definition) is 4. The number of benzene rings is 2. The van der Waals surface area contributed by atoms with Gasteiger partial charge in [-0.1, -0.05) is 6.07 Å². The summed E-state index contributed by atoms with van der Waals surface area (Å²) in [6, 6.07) is 10.4. The Morgan fingerprint density at radius 1 is 1.14 bits per heavy atom. The van der Waals surface area contributed by atoms with Gasteiger partial charge in [0.15, 0.2) is 9.84 Å². The predicted octanol–water partition coefficient (Wildman–Crippen LogP) is 2.52. The molecule has 0 saturated carbocycles. The van der Waals surface area contributed by atoms with Gasteiger partial charge in [-0.05, 0) is 48.9 Å². The molecule has 0 saturated heterocycles. The Kier molecular flexibility index (Phi) is 4.59. The van der Waals surface area contributed by atoms with Crippen molar-refractivity contribution < 1.29 is 17.5 Å². The second-order valence-electron chi connectivity index (χ2n) is 4.68. The number of rotatable bonds is 5. The summed E-state index contributed by atoms with van der Waals surface area (Å²) in [6.45, 7) is 0.409. The van der Waals surface area contributed by atoms with Crippen LogP contribution in [0.2, 0.25) is 0 Å². The number of sulfone groups is 1. The van der Waals surface area contributed by atoms with Crippen molar-refractivity contribution in [2.24, 2.45) is 5.73 Å². The third-order valence-corrected chi connectivity index (χ3v) is 3.94. The van der Waals surface area contributed by atoms with E-state index in [1.54, 1.807) is 18.2 Å². The first-order chi connectivity index (χ1) is 9.88. The maximum atomic E-state index is 13.5. The molecule has 0 bridgehead atoms. The van der Waals surface area contributed by atoms with Gasteiger partial charge in [0.05, 0.1) is 4.90 Å². The van der Waals surface area contributed by atoms with Gasteiger partial charge in [-0.15, -0.1) is 0 Å². The maximum Gasteiger partial charge on any atom is 0.175 e. The van der Waals surface area contributed by atoms with Gasteiger partial charge in [-0.3, -0.25) is 0 Å². The lowest BCUT2D eigenvalue weighted by Gasteiger charge is -2.09. The molecule has 0 aromatic heterocycles. The van der Waals surface area contributed by atoms with Crippen LogP contribution in [0.25, 0.3) is 0 Å². The van der Waals surface area contributed by atoms with E-state index in [-0.39, 0.29) is 4.90 Å². The molecule has 0 aliphatic carbocycles. The fourth-order valence-corrected chi connectivity index (χ4v) is 2.55. The zero-order valence-electron chi connectivity index (χ0n) is 11.5. The molecule has 0 aliphatic rings. The highest BCUT2D eigenvalue weighted by Crippen LogP contribution is 2.25. The van der Waals surface area contributed by atoms with Crippen LogP contribution in [0.4, 0.5) is 4.39 Å². The molecule has 2 N–H and O–H groups in total. The van der Waals surface area contributed by atoms with E-state index in [1.165, 1.54) is 24.3 Å². The minimum Gasteiger partial charge on any atom is -0.457 e. The van der Waals surface area contributed by atoms with E-state index in [4.69, 9.17) is 10.5 Å². The molecule has 0 heterocycles. The second kappa shape index (κ2) is 6.24. The Balaban J connectivity index is 2.30. The standard InChI is InChI=1S/C15H16FNO3S/c1-21(18,19)15-4-2-3-13(10-15)20-14-8-11(5-6-17)7-12(16)9-14/h2-4,7-10H,5-6,17H2,1H3. The van der Waals surface area contributed by atoms with Crippen molar-refractivity contribution in [3.05, 3.63) is 53.8 Å². The fraction of sp³-hybridized carbons (Fsp3) is 0.200. The number of hydrogen-bond donors (Lipinski definition) is 1. The van der Waals surface area contributed by atoms with Crippen molar-refractivity contribution >= 4 is 9.84 Å². The summed E-state index contributed by atoms with van der Waals surface area (Å²) in [7, 11) is -3.31. The van der Waals surface area contributed by atoms with Crippen molar-refractivity contribution in [1.82, 2.24) is 0 Å². The molecule has 21 heavy (non-hydrogen) atoms. The van der Waals surface area contributed by atoms with Gasteiger partial charge in [0, 0.05) is 12.3 Å². The predicted molar refractivity (Wildman–Crippen MR) is 78.8 cm³/mol. The van der Waals surface area contributed by atoms with Crippen LogP contribution in [0.15, 0.2) is 47.4 Å². The molecule has 0 amide bonds. The largest absolute Gasteiger partial charge is 0.457 e. The Morgan fingerprint density at radius 2 is 1.90 bits per heavy atom. The monoisotopic (exact) mass is 309 g/mol. The fourth-order valence-electron chi connectivity index (χ4n) is 1.90. The summed E-state index contributed by atoms with van der Waals surface area (Å²) < 4.78 is 42.0. The van der Waals surface area contributed by atoms with Crippen LogP contribution in [0, 0.1) is 5.82 Å². The first kappa shape index (κ1) is 15.5. The third-order valence-electron chi connectivity index (χ3n) is 2.83. The highest BCUT2D eigenvalue weighted by molar-refractivity contribution is 7.90. The highest BCUT2D eigenvalue weighted by Gasteiger charge is 2.09. The molecule has 112 valence electrons. The van der Waals surface area contributed by atoms with Gasteiger partial charge in [-0.25, -0.2) is 12.8 Å². The van der Waals surface area contributed by atoms with E-state index in [0.717, 1.165) is 11.8 Å². The molecule has 0 radical (unpaired) electrons. The average molecular weight is 309 g/mol. The summed E-state index contributed by atoms with van der Waals surface area (Å²) in [5, 5.41) is 0. The van der Waals surface area contributed by atoms with Crippen LogP contribution < -0.4 is 10.5 Å². The van der Waals surface area contributed by atoms with E-state index in [2.05, 4.69) is 0 Å². The zero-order valence-corrected chi connectivity index (χ0v) is 12.4. The van der Waals surface area contributed by atoms with Gasteiger partial charge in [-0.2, -0.15) is 0 Å². The number of halogens is 1. The lowest BCUT2D eigenvalue weighted by atomic mass is 10.1. The van der Waals surface area contributed by atoms with Crippen molar-refractivity contribution in [1.29, 1.82) is 0 Å². The molecule has 0 spiro atoms. The minimum atomic E-state index is -3.31. The Labute approximate surface area is 123 Å². The maximum absolute atomic E-state index is 13.5. The first-order valence-electron chi connectivity index (χ1n) is 6.36. The Morgan fingerprint density at radius 3 is 2.57 bits per heavy atom. The summed E-state index contributed by atoms with van der Waals surface area (Å²) >= 11 is 0. The summed E-state index contributed by atoms with van der Waals surface area (Å²) in [5.41, 5.74) is 6.18. The van der Waals surface area contributed by atoms with Crippen LogP contribution >= 0.6 is 0 Å². The molecule has 4 nitrogen and oxygen atoms in total. The molecule has 0 unspecified atom stereocenters. The second-order valence-corrected chi connectivity index (χ2v) is 6.70. The summed E-state index contributed by atoms with van der Waals surface area (Å²) in [6.07, 6.45) is 1.66. The van der Waals surface area contributed by atoms with Crippen LogP contribution in [-0.4, -0.2) is 21.2 Å². The topological polar surface area (TPSA) is 69.4 Å². The van der Waals surface area contributed by atoms with Crippen LogP contribution in [0.5, 0.6) is 11.5 Å². The van der Waals surface area contributed by atoms with E-state index in [1.807, 2.05) is 0 Å². The SMILES string of the molecule is CS(=O)(=O)c1cccc(Oc2cc(F)cc(CCN)c2)c1. The Hall–Kier alpha value is -1.92. The lowest BCUT2D eigenvalue weighted by molar-refractivity contribution is 0.474. The first-order valence-corrected chi connectivity index (χ1v) is 8.25. The van der Waals surface area contributed by atoms with Gasteiger partial charge < -0.3 is 10.5 Å². The smallest absolute Gasteiger partial charge is 0.175 e. The van der Waals surface area contributed by atoms with E-state index in [9.17, 15) is 12.8 Å². The zero-order chi connectivity index (χ0) is 15.5. The summed E-state index contributed by atoms with van der Waals surface area (Å²) in [5.74, 6) is 0.224. The third kappa shape index (κ3) is 4.27. The molecule has 0 fully saturated rings. The van der Waals surface area contributed by atoms with Crippen molar-refractivity contribution in [2.45, 2.75) is 11.3 Å². The Bertz CT molecular complexity index is 744. The van der Waals surface area contributed by atoms with E-state index < -0.39 is 15.7 Å². The van der Waals surface area contributed by atoms with Gasteiger partial charge >= 0.3 is 0 Å². The van der Waals surface area contributed by atoms with Crippen molar-refractivity contribution in [2.75, 3.05) is 12.8 Å². The van der Waals surface area contributed by atoms with Gasteiger partial charge in [0.2, 0.25) is 0 Å². The molecule has 0 atom stereocenters. The molecule has 2 aromatic rings. The molecular weight excluding hydrogens is 293 g/mol. The molecule has 2 aromatic carbocycles. The van der Waals surface area contributed by atoms with Crippen LogP contribution in [-0.2, 0) is 16.3 Å². The van der Waals surface area contributed by atoms with Crippen molar-refractivity contribution in [3.63, 3.8) is 0 Å². The summed E-state index contributed by atoms with van der Waals surface area (Å²) in [4.78, 5) is 0.151. The van der Waals surface area contributed by atoms with E-state index in [0.29, 0.717) is 24.5 Å². The quantitative estimate of drug-likeness (QED) is 0.921. The average Bonchev–Trinajstić information content (AvgIpc) is 2.37. The highest BCUT2D eigenvalue weighted by atomic mass is 32.2. The molecule has 2 rings (SSSR count). The number of nitrogens with two attached hydrogens (primary N) is 1. The molecular formula is C15H16FNO3S. The van der Waals surface area contributed by atoms with Crippen LogP contribution in [0.1, 0.15) is 5.56 Å². The van der Waals surface area contributed by atoms with Gasteiger partial charge in [0.25, 0.3) is 0 Å². The molecule has 0 aliphatic heterocycles. The number of ether oxygens (including phenoxy) is 1. The van der Waals surface area contributed by atoms with E-state index >= 15 is 0 Å². The lowest BCUT2D eigenvalue weighted by Crippen LogP contribution is -2.03. The van der Waals surface area contributed by atoms with Crippen LogP contribution in [0.3, 0.4) is 0 Å². The van der Waals surface area contributed by atoms with Crippen molar-refractivity contribution in [3.8, 4) is 11.5 Å². The van der Waals surface area contributed by atoms with Gasteiger partial charge in [0.1, 0.15) is 17.3 Å². The normalized spacial score (nSPS) is 11.4.